The second-order valence-corrected chi connectivity index (χ2v) is 4.84. The number of benzene rings is 1. The predicted octanol–water partition coefficient (Wildman–Crippen LogP) is 3.17. The fourth-order valence-corrected chi connectivity index (χ4v) is 1.44. The summed E-state index contributed by atoms with van der Waals surface area (Å²) in [5.74, 6) is 0. The molecule has 1 aromatic rings. The van der Waals surface area contributed by atoms with Crippen LogP contribution in [-0.4, -0.2) is 11.6 Å². The Hall–Kier alpha value is -1.51. The van der Waals surface area contributed by atoms with Gasteiger partial charge in [-0.2, -0.15) is 0 Å². The third kappa shape index (κ3) is 3.93. The molecule has 0 saturated heterocycles. The molecule has 3 heteroatoms. The second-order valence-electron chi connectivity index (χ2n) is 4.84. The van der Waals surface area contributed by atoms with Crippen LogP contribution in [0.15, 0.2) is 24.3 Å². The van der Waals surface area contributed by atoms with Crippen LogP contribution in [0.25, 0.3) is 0 Å². The van der Waals surface area contributed by atoms with Crippen molar-refractivity contribution in [3.8, 4) is 0 Å². The average molecular weight is 220 g/mol. The van der Waals surface area contributed by atoms with E-state index in [2.05, 4.69) is 17.6 Å². The number of hydrogen-bond donors (Lipinski definition) is 2. The second kappa shape index (κ2) is 5.01. The molecule has 2 amide bonds. The van der Waals surface area contributed by atoms with E-state index >= 15 is 0 Å². The molecule has 0 heterocycles. The molecule has 0 saturated carbocycles. The van der Waals surface area contributed by atoms with E-state index in [-0.39, 0.29) is 11.6 Å². The molecule has 0 aliphatic carbocycles. The Labute approximate surface area is 97.2 Å². The van der Waals surface area contributed by atoms with Crippen LogP contribution >= 0.6 is 0 Å². The van der Waals surface area contributed by atoms with Crippen LogP contribution in [0, 0.1) is 0 Å². The lowest BCUT2D eigenvalue weighted by Crippen LogP contribution is -2.43. The molecular formula is C13H20N2O. The molecule has 0 unspecified atom stereocenters. The first-order valence-electron chi connectivity index (χ1n) is 5.59. The van der Waals surface area contributed by atoms with Gasteiger partial charge in [0.1, 0.15) is 0 Å². The molecule has 0 bridgehead atoms. The van der Waals surface area contributed by atoms with Crippen molar-refractivity contribution in [3.63, 3.8) is 0 Å². The minimum absolute atomic E-state index is 0.159. The van der Waals surface area contributed by atoms with Gasteiger partial charge in [-0.3, -0.25) is 0 Å². The molecule has 0 fully saturated rings. The first kappa shape index (κ1) is 12.6. The lowest BCUT2D eigenvalue weighted by atomic mass is 10.1. The van der Waals surface area contributed by atoms with Gasteiger partial charge >= 0.3 is 6.03 Å². The van der Waals surface area contributed by atoms with Crippen LogP contribution in [0.1, 0.15) is 33.3 Å². The normalized spacial score (nSPS) is 11.0. The number of aryl methyl sites for hydroxylation is 1. The monoisotopic (exact) mass is 220 g/mol. The van der Waals surface area contributed by atoms with Gasteiger partial charge in [0.25, 0.3) is 0 Å². The molecule has 88 valence electrons. The molecule has 0 spiro atoms. The number of rotatable bonds is 2. The summed E-state index contributed by atoms with van der Waals surface area (Å²) in [6.45, 7) is 7.94. The first-order valence-corrected chi connectivity index (χ1v) is 5.59. The summed E-state index contributed by atoms with van der Waals surface area (Å²) in [5, 5.41) is 5.74. The van der Waals surface area contributed by atoms with E-state index in [4.69, 9.17) is 0 Å². The summed E-state index contributed by atoms with van der Waals surface area (Å²) in [5.41, 5.74) is 1.81. The smallest absolute Gasteiger partial charge is 0.319 e. The largest absolute Gasteiger partial charge is 0.333 e. The molecule has 0 aliphatic rings. The van der Waals surface area contributed by atoms with E-state index < -0.39 is 0 Å². The van der Waals surface area contributed by atoms with Gasteiger partial charge in [0.2, 0.25) is 0 Å². The summed E-state index contributed by atoms with van der Waals surface area (Å²) in [6.07, 6.45) is 0.909. The molecule has 16 heavy (non-hydrogen) atoms. The molecular weight excluding hydrogens is 200 g/mol. The van der Waals surface area contributed by atoms with Crippen LogP contribution in [0.4, 0.5) is 10.5 Å². The number of para-hydroxylation sites is 1. The number of carbonyl (C=O) groups is 1. The van der Waals surface area contributed by atoms with Crippen molar-refractivity contribution >= 4 is 11.7 Å². The number of urea groups is 1. The summed E-state index contributed by atoms with van der Waals surface area (Å²) < 4.78 is 0. The fourth-order valence-electron chi connectivity index (χ4n) is 1.44. The van der Waals surface area contributed by atoms with Gasteiger partial charge in [-0.05, 0) is 38.8 Å². The topological polar surface area (TPSA) is 41.1 Å². The van der Waals surface area contributed by atoms with Crippen molar-refractivity contribution in [1.82, 2.24) is 5.32 Å². The third-order valence-electron chi connectivity index (χ3n) is 2.13. The zero-order chi connectivity index (χ0) is 12.2. The van der Waals surface area contributed by atoms with Gasteiger partial charge in [0.15, 0.2) is 0 Å². The van der Waals surface area contributed by atoms with Gasteiger partial charge in [0.05, 0.1) is 0 Å². The zero-order valence-corrected chi connectivity index (χ0v) is 10.4. The summed E-state index contributed by atoms with van der Waals surface area (Å²) in [4.78, 5) is 11.7. The Kier molecular flexibility index (Phi) is 3.93. The third-order valence-corrected chi connectivity index (χ3v) is 2.13. The summed E-state index contributed by atoms with van der Waals surface area (Å²) in [6, 6.07) is 7.68. The van der Waals surface area contributed by atoms with E-state index in [1.54, 1.807) is 0 Å². The van der Waals surface area contributed by atoms with Gasteiger partial charge in [0, 0.05) is 11.2 Å². The maximum atomic E-state index is 11.7. The minimum Gasteiger partial charge on any atom is -0.333 e. The zero-order valence-electron chi connectivity index (χ0n) is 10.4. The average Bonchev–Trinajstić information content (AvgIpc) is 2.15. The van der Waals surface area contributed by atoms with Crippen molar-refractivity contribution in [1.29, 1.82) is 0 Å². The molecule has 2 N–H and O–H groups in total. The van der Waals surface area contributed by atoms with E-state index in [0.717, 1.165) is 17.7 Å². The number of carbonyl (C=O) groups excluding carboxylic acids is 1. The van der Waals surface area contributed by atoms with Crippen molar-refractivity contribution < 1.29 is 4.79 Å². The highest BCUT2D eigenvalue weighted by Crippen LogP contribution is 2.15. The van der Waals surface area contributed by atoms with Crippen LogP contribution in [0.2, 0.25) is 0 Å². The molecule has 1 rings (SSSR count). The van der Waals surface area contributed by atoms with Gasteiger partial charge in [-0.15, -0.1) is 0 Å². The van der Waals surface area contributed by atoms with Gasteiger partial charge in [-0.1, -0.05) is 25.1 Å². The Balaban J connectivity index is 2.70. The fraction of sp³-hybridized carbons (Fsp3) is 0.462. The Morgan fingerprint density at radius 1 is 1.25 bits per heavy atom. The maximum absolute atomic E-state index is 11.7. The SMILES string of the molecule is CCc1ccccc1NC(=O)NC(C)(C)C. The summed E-state index contributed by atoms with van der Waals surface area (Å²) >= 11 is 0. The number of nitrogens with one attached hydrogen (secondary N) is 2. The lowest BCUT2D eigenvalue weighted by Gasteiger charge is -2.21. The highest BCUT2D eigenvalue weighted by molar-refractivity contribution is 5.90. The summed E-state index contributed by atoms with van der Waals surface area (Å²) in [7, 11) is 0. The van der Waals surface area contributed by atoms with E-state index in [0.29, 0.717) is 0 Å². The number of anilines is 1. The lowest BCUT2D eigenvalue weighted by molar-refractivity contribution is 0.244. The van der Waals surface area contributed by atoms with Crippen LogP contribution in [0.3, 0.4) is 0 Å². The van der Waals surface area contributed by atoms with Crippen molar-refractivity contribution in [2.24, 2.45) is 0 Å². The van der Waals surface area contributed by atoms with Gasteiger partial charge < -0.3 is 10.6 Å². The van der Waals surface area contributed by atoms with Crippen molar-refractivity contribution in [3.05, 3.63) is 29.8 Å². The van der Waals surface area contributed by atoms with Crippen LogP contribution < -0.4 is 10.6 Å². The Bertz CT molecular complexity index is 366. The van der Waals surface area contributed by atoms with Crippen molar-refractivity contribution in [2.45, 2.75) is 39.7 Å². The van der Waals surface area contributed by atoms with Gasteiger partial charge in [-0.25, -0.2) is 4.79 Å². The molecule has 1 aromatic carbocycles. The minimum atomic E-state index is -0.217. The van der Waals surface area contributed by atoms with E-state index in [9.17, 15) is 4.79 Å². The Morgan fingerprint density at radius 3 is 2.44 bits per heavy atom. The molecule has 0 aliphatic heterocycles. The molecule has 0 radical (unpaired) electrons. The molecule has 3 nitrogen and oxygen atoms in total. The first-order chi connectivity index (χ1) is 7.42. The molecule has 0 atom stereocenters. The van der Waals surface area contributed by atoms with Crippen LogP contribution in [-0.2, 0) is 6.42 Å². The van der Waals surface area contributed by atoms with Crippen molar-refractivity contribution in [2.75, 3.05) is 5.32 Å². The maximum Gasteiger partial charge on any atom is 0.319 e. The Morgan fingerprint density at radius 2 is 1.88 bits per heavy atom. The standard InChI is InChI=1S/C13H20N2O/c1-5-10-8-6-7-9-11(10)14-12(16)15-13(2,3)4/h6-9H,5H2,1-4H3,(H2,14,15,16). The quantitative estimate of drug-likeness (QED) is 0.789. The number of amides is 2. The van der Waals surface area contributed by atoms with E-state index in [1.165, 1.54) is 0 Å². The van der Waals surface area contributed by atoms with E-state index in [1.807, 2.05) is 45.0 Å². The molecule has 0 aromatic heterocycles. The predicted molar refractivity (Wildman–Crippen MR) is 67.7 cm³/mol. The number of hydrogen-bond acceptors (Lipinski definition) is 1. The van der Waals surface area contributed by atoms with Crippen LogP contribution in [0.5, 0.6) is 0 Å². The highest BCUT2D eigenvalue weighted by atomic mass is 16.2. The highest BCUT2D eigenvalue weighted by Gasteiger charge is 2.14.